The molecular weight excluding hydrogens is 344 g/mol. The van der Waals surface area contributed by atoms with Crippen molar-refractivity contribution in [2.24, 2.45) is 5.92 Å². The van der Waals surface area contributed by atoms with Gasteiger partial charge in [0.05, 0.1) is 4.90 Å². The van der Waals surface area contributed by atoms with Crippen molar-refractivity contribution in [3.05, 3.63) is 22.7 Å². The summed E-state index contributed by atoms with van der Waals surface area (Å²) in [5, 5.41) is 8.98. The number of aliphatic hydroxyl groups excluding tert-OH is 1. The minimum absolute atomic E-state index is 0.0671. The molecule has 0 saturated carbocycles. The normalized spacial score (nSPS) is 13.3. The van der Waals surface area contributed by atoms with Gasteiger partial charge in [0.2, 0.25) is 10.0 Å². The van der Waals surface area contributed by atoms with Crippen LogP contribution in [-0.4, -0.2) is 26.7 Å². The van der Waals surface area contributed by atoms with Crippen molar-refractivity contribution >= 4 is 31.6 Å². The van der Waals surface area contributed by atoms with E-state index in [9.17, 15) is 8.42 Å². The zero-order valence-corrected chi connectivity index (χ0v) is 13.9. The SMILES string of the molecule is CCCC(CCO)CNS(=O)(=O)c1ccc(Br)c(N)c1. The van der Waals surface area contributed by atoms with E-state index < -0.39 is 10.0 Å². The van der Waals surface area contributed by atoms with Crippen LogP contribution < -0.4 is 10.5 Å². The van der Waals surface area contributed by atoms with Crippen molar-refractivity contribution in [1.82, 2.24) is 4.72 Å². The molecule has 0 fully saturated rings. The molecule has 0 spiro atoms. The molecular formula is C13H21BrN2O3S. The Morgan fingerprint density at radius 2 is 2.10 bits per heavy atom. The molecule has 1 aromatic rings. The van der Waals surface area contributed by atoms with Gasteiger partial charge in [-0.1, -0.05) is 13.3 Å². The summed E-state index contributed by atoms with van der Waals surface area (Å²) < 4.78 is 27.6. The van der Waals surface area contributed by atoms with Crippen molar-refractivity contribution in [2.45, 2.75) is 31.1 Å². The first kappa shape index (κ1) is 17.4. The van der Waals surface area contributed by atoms with Gasteiger partial charge in [-0.25, -0.2) is 13.1 Å². The molecule has 0 bridgehead atoms. The number of aliphatic hydroxyl groups is 1. The van der Waals surface area contributed by atoms with E-state index in [0.717, 1.165) is 12.8 Å². The van der Waals surface area contributed by atoms with Crippen molar-refractivity contribution in [1.29, 1.82) is 0 Å². The standard InChI is InChI=1S/C13H21BrN2O3S/c1-2-3-10(6-7-17)9-16-20(18,19)11-4-5-12(14)13(15)8-11/h4-5,8,10,16-17H,2-3,6-7,9,15H2,1H3. The summed E-state index contributed by atoms with van der Waals surface area (Å²) in [6.07, 6.45) is 2.43. The van der Waals surface area contributed by atoms with Gasteiger partial charge in [0.25, 0.3) is 0 Å². The molecule has 20 heavy (non-hydrogen) atoms. The van der Waals surface area contributed by atoms with E-state index in [1.165, 1.54) is 12.1 Å². The third-order valence-corrected chi connectivity index (χ3v) is 5.22. The maximum Gasteiger partial charge on any atom is 0.240 e. The van der Waals surface area contributed by atoms with Crippen LogP contribution in [0, 0.1) is 5.92 Å². The topological polar surface area (TPSA) is 92.4 Å². The monoisotopic (exact) mass is 364 g/mol. The first-order valence-corrected chi connectivity index (χ1v) is 8.84. The molecule has 1 atom stereocenters. The molecule has 0 amide bonds. The Morgan fingerprint density at radius 3 is 2.65 bits per heavy atom. The Balaban J connectivity index is 2.75. The van der Waals surface area contributed by atoms with E-state index in [1.807, 2.05) is 6.92 Å². The van der Waals surface area contributed by atoms with E-state index in [2.05, 4.69) is 20.7 Å². The molecule has 1 aromatic carbocycles. The number of nitrogens with one attached hydrogen (secondary N) is 1. The summed E-state index contributed by atoms with van der Waals surface area (Å²) >= 11 is 3.23. The summed E-state index contributed by atoms with van der Waals surface area (Å²) in [6, 6.07) is 4.54. The van der Waals surface area contributed by atoms with Crippen molar-refractivity contribution in [3.8, 4) is 0 Å². The number of hydrogen-bond acceptors (Lipinski definition) is 4. The number of sulfonamides is 1. The van der Waals surface area contributed by atoms with Crippen LogP contribution in [0.15, 0.2) is 27.6 Å². The highest BCUT2D eigenvalue weighted by Gasteiger charge is 2.17. The predicted octanol–water partition coefficient (Wildman–Crippen LogP) is 2.11. The lowest BCUT2D eigenvalue weighted by molar-refractivity contribution is 0.251. The van der Waals surface area contributed by atoms with Crippen LogP contribution in [0.5, 0.6) is 0 Å². The van der Waals surface area contributed by atoms with Crippen LogP contribution in [0.2, 0.25) is 0 Å². The lowest BCUT2D eigenvalue weighted by atomic mass is 10.0. The molecule has 0 aliphatic carbocycles. The molecule has 0 saturated heterocycles. The van der Waals surface area contributed by atoms with Crippen LogP contribution in [0.3, 0.4) is 0 Å². The van der Waals surface area contributed by atoms with E-state index in [0.29, 0.717) is 23.1 Å². The first-order valence-electron chi connectivity index (χ1n) is 6.56. The zero-order valence-electron chi connectivity index (χ0n) is 11.5. The highest BCUT2D eigenvalue weighted by atomic mass is 79.9. The molecule has 0 radical (unpaired) electrons. The summed E-state index contributed by atoms with van der Waals surface area (Å²) in [5.41, 5.74) is 6.08. The van der Waals surface area contributed by atoms with E-state index in [1.54, 1.807) is 6.07 Å². The average molecular weight is 365 g/mol. The Kier molecular flexibility index (Phi) is 6.94. The maximum atomic E-state index is 12.2. The van der Waals surface area contributed by atoms with Crippen molar-refractivity contribution in [3.63, 3.8) is 0 Å². The number of halogens is 1. The average Bonchev–Trinajstić information content (AvgIpc) is 2.39. The van der Waals surface area contributed by atoms with Crippen molar-refractivity contribution in [2.75, 3.05) is 18.9 Å². The van der Waals surface area contributed by atoms with E-state index >= 15 is 0 Å². The lowest BCUT2D eigenvalue weighted by Crippen LogP contribution is -2.30. The largest absolute Gasteiger partial charge is 0.398 e. The Bertz CT molecular complexity index is 528. The van der Waals surface area contributed by atoms with Crippen LogP contribution >= 0.6 is 15.9 Å². The third-order valence-electron chi connectivity index (χ3n) is 3.07. The fraction of sp³-hybridized carbons (Fsp3) is 0.538. The van der Waals surface area contributed by atoms with Crippen LogP contribution in [0.4, 0.5) is 5.69 Å². The van der Waals surface area contributed by atoms with Crippen LogP contribution in [0.25, 0.3) is 0 Å². The highest BCUT2D eigenvalue weighted by molar-refractivity contribution is 9.10. The predicted molar refractivity (Wildman–Crippen MR) is 83.8 cm³/mol. The van der Waals surface area contributed by atoms with Crippen LogP contribution in [-0.2, 0) is 10.0 Å². The van der Waals surface area contributed by atoms with Gasteiger partial charge in [0, 0.05) is 23.3 Å². The second kappa shape index (κ2) is 7.97. The molecule has 0 aliphatic heterocycles. The number of anilines is 1. The number of benzene rings is 1. The highest BCUT2D eigenvalue weighted by Crippen LogP contribution is 2.23. The van der Waals surface area contributed by atoms with Crippen LogP contribution in [0.1, 0.15) is 26.2 Å². The molecule has 1 unspecified atom stereocenters. The van der Waals surface area contributed by atoms with E-state index in [-0.39, 0.29) is 17.4 Å². The van der Waals surface area contributed by atoms with Crippen molar-refractivity contribution < 1.29 is 13.5 Å². The number of nitrogen functional groups attached to an aromatic ring is 1. The lowest BCUT2D eigenvalue weighted by Gasteiger charge is -2.16. The zero-order chi connectivity index (χ0) is 15.2. The summed E-state index contributed by atoms with van der Waals surface area (Å²) in [4.78, 5) is 0.150. The molecule has 5 nitrogen and oxygen atoms in total. The smallest absolute Gasteiger partial charge is 0.240 e. The second-order valence-electron chi connectivity index (χ2n) is 4.70. The third kappa shape index (κ3) is 5.05. The van der Waals surface area contributed by atoms with Gasteiger partial charge >= 0.3 is 0 Å². The number of rotatable bonds is 8. The summed E-state index contributed by atoms with van der Waals surface area (Å²) in [7, 11) is -3.56. The van der Waals surface area contributed by atoms with Gasteiger partial charge in [-0.3, -0.25) is 0 Å². The first-order chi connectivity index (χ1) is 9.40. The molecule has 0 heterocycles. The Hall–Kier alpha value is -0.630. The number of nitrogens with two attached hydrogens (primary N) is 1. The van der Waals surface area contributed by atoms with Gasteiger partial charge in [-0.05, 0) is 52.9 Å². The Morgan fingerprint density at radius 1 is 1.40 bits per heavy atom. The fourth-order valence-electron chi connectivity index (χ4n) is 1.94. The maximum absolute atomic E-state index is 12.2. The van der Waals surface area contributed by atoms with Gasteiger partial charge in [0.1, 0.15) is 0 Å². The molecule has 1 rings (SSSR count). The molecule has 4 N–H and O–H groups in total. The van der Waals surface area contributed by atoms with Gasteiger partial charge < -0.3 is 10.8 Å². The minimum atomic E-state index is -3.56. The quantitative estimate of drug-likeness (QED) is 0.615. The Labute approximate surface area is 128 Å². The summed E-state index contributed by atoms with van der Waals surface area (Å²) in [5.74, 6) is 0.146. The summed E-state index contributed by atoms with van der Waals surface area (Å²) in [6.45, 7) is 2.43. The fourth-order valence-corrected chi connectivity index (χ4v) is 3.34. The van der Waals surface area contributed by atoms with Gasteiger partial charge in [0.15, 0.2) is 0 Å². The number of hydrogen-bond donors (Lipinski definition) is 3. The van der Waals surface area contributed by atoms with E-state index in [4.69, 9.17) is 10.8 Å². The van der Waals surface area contributed by atoms with Gasteiger partial charge in [-0.15, -0.1) is 0 Å². The minimum Gasteiger partial charge on any atom is -0.398 e. The molecule has 7 heteroatoms. The molecule has 0 aliphatic rings. The van der Waals surface area contributed by atoms with Gasteiger partial charge in [-0.2, -0.15) is 0 Å². The molecule has 0 aromatic heterocycles. The molecule has 114 valence electrons. The second-order valence-corrected chi connectivity index (χ2v) is 7.32.